The van der Waals surface area contributed by atoms with E-state index in [2.05, 4.69) is 5.32 Å². The molecule has 1 atom stereocenters. The molecule has 0 aliphatic rings. The Bertz CT molecular complexity index is 432. The van der Waals surface area contributed by atoms with E-state index in [1.807, 2.05) is 12.3 Å². The lowest BCUT2D eigenvalue weighted by Gasteiger charge is -2.12. The van der Waals surface area contributed by atoms with Crippen LogP contribution in [0.15, 0.2) is 18.2 Å². The van der Waals surface area contributed by atoms with Crippen LogP contribution in [-0.2, 0) is 11.2 Å². The van der Waals surface area contributed by atoms with Gasteiger partial charge >= 0.3 is 0 Å². The number of hydrogen-bond acceptors (Lipinski definition) is 3. The van der Waals surface area contributed by atoms with E-state index in [1.165, 1.54) is 0 Å². The zero-order valence-electron chi connectivity index (χ0n) is 11.2. The van der Waals surface area contributed by atoms with Crippen molar-refractivity contribution in [1.82, 2.24) is 5.32 Å². The number of nitrogens with one attached hydrogen (secondary N) is 1. The Balaban J connectivity index is 0.00000361. The molecule has 3 N–H and O–H groups in total. The van der Waals surface area contributed by atoms with Crippen molar-refractivity contribution in [3.8, 4) is 0 Å². The second kappa shape index (κ2) is 10.6. The van der Waals surface area contributed by atoms with Gasteiger partial charge in [-0.1, -0.05) is 29.3 Å². The first-order valence-electron chi connectivity index (χ1n) is 6.00. The number of carbonyl (C=O) groups excluding carboxylic acids is 1. The third-order valence-corrected chi connectivity index (χ3v) is 3.91. The predicted octanol–water partition coefficient (Wildman–Crippen LogP) is 3.15. The molecule has 0 bridgehead atoms. The number of thioether (sulfide) groups is 1. The summed E-state index contributed by atoms with van der Waals surface area (Å²) in [4.78, 5) is 11.7. The van der Waals surface area contributed by atoms with E-state index in [0.717, 1.165) is 11.3 Å². The van der Waals surface area contributed by atoms with E-state index in [-0.39, 0.29) is 18.3 Å². The molecule has 114 valence electrons. The summed E-state index contributed by atoms with van der Waals surface area (Å²) in [6.07, 6.45) is 3.35. The lowest BCUT2D eigenvalue weighted by molar-refractivity contribution is -0.122. The van der Waals surface area contributed by atoms with Crippen molar-refractivity contribution >= 4 is 53.3 Å². The van der Waals surface area contributed by atoms with E-state index in [9.17, 15) is 4.79 Å². The van der Waals surface area contributed by atoms with Crippen LogP contribution in [0.1, 0.15) is 12.0 Å². The summed E-state index contributed by atoms with van der Waals surface area (Å²) < 4.78 is 0. The molecule has 0 aliphatic carbocycles. The Kier molecular flexibility index (Phi) is 10.5. The molecule has 7 heteroatoms. The van der Waals surface area contributed by atoms with Crippen LogP contribution in [-0.4, -0.2) is 30.5 Å². The van der Waals surface area contributed by atoms with Gasteiger partial charge in [0, 0.05) is 16.6 Å². The Morgan fingerprint density at radius 2 is 2.15 bits per heavy atom. The molecular weight excluding hydrogens is 339 g/mol. The summed E-state index contributed by atoms with van der Waals surface area (Å²) in [5.74, 6) is 0.775. The molecule has 0 radical (unpaired) electrons. The lowest BCUT2D eigenvalue weighted by atomic mass is 10.1. The quantitative estimate of drug-likeness (QED) is 0.788. The molecule has 0 fully saturated rings. The monoisotopic (exact) mass is 356 g/mol. The first-order valence-corrected chi connectivity index (χ1v) is 8.15. The number of rotatable bonds is 7. The number of nitrogens with two attached hydrogens (primary N) is 1. The minimum absolute atomic E-state index is 0. The van der Waals surface area contributed by atoms with Crippen LogP contribution in [0.25, 0.3) is 0 Å². The highest BCUT2D eigenvalue weighted by atomic mass is 35.5. The smallest absolute Gasteiger partial charge is 0.236 e. The van der Waals surface area contributed by atoms with E-state index < -0.39 is 6.04 Å². The molecule has 20 heavy (non-hydrogen) atoms. The fraction of sp³-hybridized carbons (Fsp3) is 0.462. The van der Waals surface area contributed by atoms with Gasteiger partial charge in [-0.3, -0.25) is 4.79 Å². The summed E-state index contributed by atoms with van der Waals surface area (Å²) in [5, 5.41) is 4.04. The molecule has 0 unspecified atom stereocenters. The highest BCUT2D eigenvalue weighted by molar-refractivity contribution is 7.98. The van der Waals surface area contributed by atoms with Crippen LogP contribution in [0.3, 0.4) is 0 Å². The van der Waals surface area contributed by atoms with Crippen LogP contribution < -0.4 is 11.1 Å². The van der Waals surface area contributed by atoms with E-state index in [1.54, 1.807) is 23.9 Å². The standard InChI is InChI=1S/C13H18Cl2N2OS.ClH/c1-19-7-5-12(16)13(18)17-6-4-9-2-3-10(14)8-11(9)15;/h2-3,8,12H,4-7,16H2,1H3,(H,17,18);1H/t12-;/m0./s1. The fourth-order valence-corrected chi connectivity index (χ4v) is 2.54. The third kappa shape index (κ3) is 7.04. The minimum Gasteiger partial charge on any atom is -0.354 e. The molecule has 1 amide bonds. The number of halogens is 3. The number of hydrogen-bond donors (Lipinski definition) is 2. The SMILES string of the molecule is CSCC[C@H](N)C(=O)NCCc1ccc(Cl)cc1Cl.Cl. The Morgan fingerprint density at radius 3 is 2.75 bits per heavy atom. The summed E-state index contributed by atoms with van der Waals surface area (Å²) in [7, 11) is 0. The molecule has 0 aromatic heterocycles. The molecule has 0 aliphatic heterocycles. The van der Waals surface area contributed by atoms with Gasteiger partial charge in [0.05, 0.1) is 6.04 Å². The molecule has 0 heterocycles. The summed E-state index contributed by atoms with van der Waals surface area (Å²) in [6.45, 7) is 0.521. The van der Waals surface area contributed by atoms with Gasteiger partial charge in [0.1, 0.15) is 0 Å². The highest BCUT2D eigenvalue weighted by Gasteiger charge is 2.12. The predicted molar refractivity (Wildman–Crippen MR) is 91.4 cm³/mol. The van der Waals surface area contributed by atoms with Crippen LogP contribution in [0.2, 0.25) is 10.0 Å². The van der Waals surface area contributed by atoms with E-state index in [0.29, 0.717) is 29.4 Å². The molecule has 1 aromatic carbocycles. The van der Waals surface area contributed by atoms with Crippen molar-refractivity contribution in [3.63, 3.8) is 0 Å². The normalized spacial score (nSPS) is 11.6. The number of benzene rings is 1. The summed E-state index contributed by atoms with van der Waals surface area (Å²) in [5.41, 5.74) is 6.73. The van der Waals surface area contributed by atoms with Crippen molar-refractivity contribution in [1.29, 1.82) is 0 Å². The van der Waals surface area contributed by atoms with Crippen molar-refractivity contribution in [2.24, 2.45) is 5.73 Å². The highest BCUT2D eigenvalue weighted by Crippen LogP contribution is 2.20. The second-order valence-corrected chi connectivity index (χ2v) is 5.99. The van der Waals surface area contributed by atoms with Crippen molar-refractivity contribution in [2.45, 2.75) is 18.9 Å². The van der Waals surface area contributed by atoms with Crippen LogP contribution in [0, 0.1) is 0 Å². The van der Waals surface area contributed by atoms with Crippen molar-refractivity contribution < 1.29 is 4.79 Å². The average Bonchev–Trinajstić information content (AvgIpc) is 2.38. The first-order chi connectivity index (χ1) is 9.04. The molecule has 0 saturated heterocycles. The van der Waals surface area contributed by atoms with Gasteiger partial charge in [-0.25, -0.2) is 0 Å². The van der Waals surface area contributed by atoms with Gasteiger partial charge in [-0.05, 0) is 42.5 Å². The Hall–Kier alpha value is -0.130. The van der Waals surface area contributed by atoms with E-state index >= 15 is 0 Å². The molecule has 1 rings (SSSR count). The zero-order valence-corrected chi connectivity index (χ0v) is 14.3. The minimum atomic E-state index is -0.437. The van der Waals surface area contributed by atoms with Gasteiger partial charge in [0.15, 0.2) is 0 Å². The van der Waals surface area contributed by atoms with Gasteiger partial charge in [0.2, 0.25) is 5.91 Å². The summed E-state index contributed by atoms with van der Waals surface area (Å²) >= 11 is 13.6. The topological polar surface area (TPSA) is 55.1 Å². The zero-order chi connectivity index (χ0) is 14.3. The Morgan fingerprint density at radius 1 is 1.45 bits per heavy atom. The Labute approximate surface area is 140 Å². The number of amides is 1. The molecule has 0 spiro atoms. The van der Waals surface area contributed by atoms with Gasteiger partial charge in [-0.2, -0.15) is 11.8 Å². The largest absolute Gasteiger partial charge is 0.354 e. The van der Waals surface area contributed by atoms with Crippen LogP contribution >= 0.6 is 47.4 Å². The summed E-state index contributed by atoms with van der Waals surface area (Å²) in [6, 6.07) is 4.91. The first kappa shape index (κ1) is 19.9. The molecule has 0 saturated carbocycles. The molecule has 3 nitrogen and oxygen atoms in total. The van der Waals surface area contributed by atoms with Gasteiger partial charge < -0.3 is 11.1 Å². The fourth-order valence-electron chi connectivity index (χ4n) is 1.55. The lowest BCUT2D eigenvalue weighted by Crippen LogP contribution is -2.41. The maximum Gasteiger partial charge on any atom is 0.236 e. The molecular formula is C13H19Cl3N2OS. The van der Waals surface area contributed by atoms with E-state index in [4.69, 9.17) is 28.9 Å². The van der Waals surface area contributed by atoms with Crippen LogP contribution in [0.5, 0.6) is 0 Å². The van der Waals surface area contributed by atoms with Crippen molar-refractivity contribution in [3.05, 3.63) is 33.8 Å². The maximum absolute atomic E-state index is 11.7. The number of carbonyl (C=O) groups is 1. The average molecular weight is 358 g/mol. The van der Waals surface area contributed by atoms with Crippen molar-refractivity contribution in [2.75, 3.05) is 18.6 Å². The second-order valence-electron chi connectivity index (χ2n) is 4.16. The van der Waals surface area contributed by atoms with Crippen LogP contribution in [0.4, 0.5) is 0 Å². The van der Waals surface area contributed by atoms with Gasteiger partial charge in [-0.15, -0.1) is 12.4 Å². The maximum atomic E-state index is 11.7. The molecule has 1 aromatic rings. The third-order valence-electron chi connectivity index (χ3n) is 2.68. The van der Waals surface area contributed by atoms with Gasteiger partial charge in [0.25, 0.3) is 0 Å².